The number of carbonyl (C=O) groups excluding carboxylic acids is 1. The summed E-state index contributed by atoms with van der Waals surface area (Å²) in [4.78, 5) is 35.2. The van der Waals surface area contributed by atoms with Gasteiger partial charge in [0.1, 0.15) is 24.0 Å². The first-order chi connectivity index (χ1) is 25.8. The Morgan fingerprint density at radius 1 is 0.547 bits per heavy atom. The highest BCUT2D eigenvalue weighted by molar-refractivity contribution is 8.00. The van der Waals surface area contributed by atoms with Gasteiger partial charge in [-0.3, -0.25) is 14.4 Å². The van der Waals surface area contributed by atoms with Crippen LogP contribution in [0, 0.1) is 0 Å². The topological polar surface area (TPSA) is 145 Å². The number of hydrogen-bond donors (Lipinski definition) is 3. The van der Waals surface area contributed by atoms with E-state index in [-0.39, 0.29) is 25.2 Å². The minimum absolute atomic E-state index is 0.0110. The summed E-state index contributed by atoms with van der Waals surface area (Å²) in [5.41, 5.74) is 5.52. The zero-order valence-corrected chi connectivity index (χ0v) is 35.1. The monoisotopic (exact) mass is 774 g/mol. The molecule has 0 bridgehead atoms. The van der Waals surface area contributed by atoms with Gasteiger partial charge >= 0.3 is 17.9 Å². The van der Waals surface area contributed by atoms with E-state index in [0.29, 0.717) is 19.8 Å². The van der Waals surface area contributed by atoms with Gasteiger partial charge < -0.3 is 30.2 Å². The highest BCUT2D eigenvalue weighted by Crippen LogP contribution is 2.19. The van der Waals surface area contributed by atoms with E-state index in [2.05, 4.69) is 13.8 Å². The van der Waals surface area contributed by atoms with Gasteiger partial charge in [0.2, 0.25) is 0 Å². The summed E-state index contributed by atoms with van der Waals surface area (Å²) in [6.07, 6.45) is 35.7. The predicted octanol–water partition coefficient (Wildman–Crippen LogP) is 11.3. The normalized spacial score (nSPS) is 13.2. The fraction of sp³-hybridized carbons (Fsp3) is 0.930. The molecular weight excluding hydrogens is 691 g/mol. The number of carboxylic acid groups (broad SMARTS) is 2. The van der Waals surface area contributed by atoms with Crippen molar-refractivity contribution in [3.05, 3.63) is 0 Å². The molecule has 0 saturated carbocycles. The Bertz CT molecular complexity index is 832. The van der Waals surface area contributed by atoms with E-state index < -0.39 is 35.3 Å². The second-order valence-electron chi connectivity index (χ2n) is 15.1. The number of thioether (sulfide) groups is 1. The van der Waals surface area contributed by atoms with E-state index in [1.807, 2.05) is 0 Å². The molecule has 0 heterocycles. The molecule has 3 atom stereocenters. The van der Waals surface area contributed by atoms with Crippen LogP contribution < -0.4 is 5.73 Å². The highest BCUT2D eigenvalue weighted by atomic mass is 32.2. The summed E-state index contributed by atoms with van der Waals surface area (Å²) >= 11 is 1.00. The average molecular weight is 774 g/mol. The van der Waals surface area contributed by atoms with Crippen LogP contribution in [0.4, 0.5) is 0 Å². The Balaban J connectivity index is 4.34. The maximum Gasteiger partial charge on any atom is 0.320 e. The molecule has 0 fully saturated rings. The lowest BCUT2D eigenvalue weighted by Crippen LogP contribution is -2.31. The number of hydrogen-bond acceptors (Lipinski definition) is 8. The first kappa shape index (κ1) is 51.6. The van der Waals surface area contributed by atoms with Crippen LogP contribution >= 0.6 is 11.8 Å². The third kappa shape index (κ3) is 37.3. The van der Waals surface area contributed by atoms with Crippen molar-refractivity contribution in [2.45, 2.75) is 224 Å². The van der Waals surface area contributed by atoms with Crippen molar-refractivity contribution in [1.82, 2.24) is 0 Å². The molecule has 0 amide bonds. The number of carboxylic acids is 2. The van der Waals surface area contributed by atoms with E-state index >= 15 is 0 Å². The minimum Gasteiger partial charge on any atom is -0.480 e. The molecular formula is C43H83NO8S. The van der Waals surface area contributed by atoms with Crippen molar-refractivity contribution < 1.29 is 38.8 Å². The Morgan fingerprint density at radius 3 is 1.34 bits per heavy atom. The number of nitrogens with two attached hydrogens (primary N) is 1. The van der Waals surface area contributed by atoms with Gasteiger partial charge in [0.05, 0.1) is 13.0 Å². The largest absolute Gasteiger partial charge is 0.480 e. The van der Waals surface area contributed by atoms with Crippen molar-refractivity contribution in [3.8, 4) is 0 Å². The summed E-state index contributed by atoms with van der Waals surface area (Å²) in [5.74, 6) is -2.68. The molecule has 0 radical (unpaired) electrons. The minimum atomic E-state index is -1.14. The quantitative estimate of drug-likeness (QED) is 0.0404. The van der Waals surface area contributed by atoms with Crippen molar-refractivity contribution in [3.63, 3.8) is 0 Å². The van der Waals surface area contributed by atoms with E-state index in [1.54, 1.807) is 0 Å². The standard InChI is InChI=1S/C43H83NO8S/c1-3-5-7-9-11-13-15-17-19-21-23-25-27-29-32-50-36-38(37-52-41(45)35-40(43(48)49)53-34-31-39(44)42(46)47)51-33-30-28-26-24-22-20-18-16-14-12-10-8-6-4-2/h38-40H,3-37,44H2,1-2H3,(H,46,47)(H,48,49)/t38?,39-,40?/m0/s1. The van der Waals surface area contributed by atoms with Gasteiger partial charge in [0.25, 0.3) is 0 Å². The molecule has 53 heavy (non-hydrogen) atoms. The van der Waals surface area contributed by atoms with Gasteiger partial charge in [0, 0.05) is 13.2 Å². The van der Waals surface area contributed by atoms with Crippen LogP contribution in [0.5, 0.6) is 0 Å². The number of rotatable bonds is 43. The van der Waals surface area contributed by atoms with Crippen molar-refractivity contribution in [2.24, 2.45) is 5.73 Å². The summed E-state index contributed by atoms with van der Waals surface area (Å²) in [5, 5.41) is 17.5. The zero-order valence-electron chi connectivity index (χ0n) is 34.3. The summed E-state index contributed by atoms with van der Waals surface area (Å²) in [6, 6.07) is -1.06. The second-order valence-corrected chi connectivity index (χ2v) is 16.4. The van der Waals surface area contributed by atoms with Crippen molar-refractivity contribution >= 4 is 29.7 Å². The van der Waals surface area contributed by atoms with Crippen LogP contribution in [0.3, 0.4) is 0 Å². The first-order valence-electron chi connectivity index (χ1n) is 22.0. The lowest BCUT2D eigenvalue weighted by Gasteiger charge is -2.19. The van der Waals surface area contributed by atoms with Crippen LogP contribution in [0.15, 0.2) is 0 Å². The van der Waals surface area contributed by atoms with Gasteiger partial charge in [-0.15, -0.1) is 11.8 Å². The highest BCUT2D eigenvalue weighted by Gasteiger charge is 2.24. The molecule has 0 rings (SSSR count). The van der Waals surface area contributed by atoms with Crippen LogP contribution in [0.2, 0.25) is 0 Å². The third-order valence-corrected chi connectivity index (χ3v) is 11.2. The maximum absolute atomic E-state index is 12.6. The van der Waals surface area contributed by atoms with Crippen molar-refractivity contribution in [1.29, 1.82) is 0 Å². The van der Waals surface area contributed by atoms with Gasteiger partial charge in [-0.05, 0) is 25.0 Å². The SMILES string of the molecule is CCCCCCCCCCCCCCCCOCC(COC(=O)CC(SCC[C@H](N)C(=O)O)C(=O)O)OCCCCCCCCCCCCCCCC. The molecule has 0 aliphatic rings. The number of carbonyl (C=O) groups is 3. The van der Waals surface area contributed by atoms with Crippen LogP contribution in [0.25, 0.3) is 0 Å². The summed E-state index contributed by atoms with van der Waals surface area (Å²) < 4.78 is 17.5. The molecule has 0 aliphatic heterocycles. The number of ether oxygens (including phenoxy) is 3. The van der Waals surface area contributed by atoms with E-state index in [9.17, 15) is 19.5 Å². The molecule has 0 aromatic carbocycles. The second kappa shape index (κ2) is 40.3. The fourth-order valence-electron chi connectivity index (χ4n) is 6.38. The molecule has 0 aliphatic carbocycles. The Hall–Kier alpha value is -1.36. The molecule has 0 saturated heterocycles. The zero-order chi connectivity index (χ0) is 39.0. The van der Waals surface area contributed by atoms with Gasteiger partial charge in [0.15, 0.2) is 0 Å². The lowest BCUT2D eigenvalue weighted by atomic mass is 10.0. The fourth-order valence-corrected chi connectivity index (χ4v) is 7.45. The Kier molecular flexibility index (Phi) is 39.3. The molecule has 10 heteroatoms. The van der Waals surface area contributed by atoms with Gasteiger partial charge in [-0.2, -0.15) is 0 Å². The van der Waals surface area contributed by atoms with E-state index in [4.69, 9.17) is 25.1 Å². The summed E-state index contributed by atoms with van der Waals surface area (Å²) in [7, 11) is 0. The molecule has 4 N–H and O–H groups in total. The number of esters is 1. The third-order valence-electron chi connectivity index (χ3n) is 9.92. The van der Waals surface area contributed by atoms with E-state index in [0.717, 1.165) is 37.4 Å². The van der Waals surface area contributed by atoms with Crippen LogP contribution in [-0.4, -0.2) is 77.7 Å². The average Bonchev–Trinajstić information content (AvgIpc) is 3.14. The van der Waals surface area contributed by atoms with Crippen LogP contribution in [-0.2, 0) is 28.6 Å². The van der Waals surface area contributed by atoms with Crippen molar-refractivity contribution in [2.75, 3.05) is 32.2 Å². The van der Waals surface area contributed by atoms with E-state index in [1.165, 1.54) is 154 Å². The van der Waals surface area contributed by atoms with Gasteiger partial charge in [-0.1, -0.05) is 181 Å². The lowest BCUT2D eigenvalue weighted by molar-refractivity contribution is -0.152. The molecule has 0 spiro atoms. The molecule has 0 aromatic heterocycles. The Labute approximate surface area is 329 Å². The van der Waals surface area contributed by atoms with Gasteiger partial charge in [-0.25, -0.2) is 0 Å². The smallest absolute Gasteiger partial charge is 0.320 e. The number of aliphatic carboxylic acids is 2. The molecule has 314 valence electrons. The van der Waals surface area contributed by atoms with Crippen LogP contribution in [0.1, 0.15) is 206 Å². The Morgan fingerprint density at radius 2 is 0.943 bits per heavy atom. The maximum atomic E-state index is 12.6. The predicted molar refractivity (Wildman–Crippen MR) is 221 cm³/mol. The summed E-state index contributed by atoms with van der Waals surface area (Å²) in [6.45, 7) is 6.08. The molecule has 0 aromatic rings. The number of unbranched alkanes of at least 4 members (excludes halogenated alkanes) is 26. The molecule has 2 unspecified atom stereocenters. The first-order valence-corrected chi connectivity index (χ1v) is 23.0. The molecule has 9 nitrogen and oxygen atoms in total.